The van der Waals surface area contributed by atoms with E-state index in [1.54, 1.807) is 24.3 Å². The molecular formula is C24H27ClN4O2. The zero-order valence-electron chi connectivity index (χ0n) is 17.8. The van der Waals surface area contributed by atoms with Gasteiger partial charge >= 0.3 is 0 Å². The number of halogens is 1. The number of rotatable bonds is 6. The van der Waals surface area contributed by atoms with E-state index in [0.29, 0.717) is 29.2 Å². The highest BCUT2D eigenvalue weighted by atomic mass is 35.5. The minimum absolute atomic E-state index is 0.0274. The molecule has 2 aromatic rings. The summed E-state index contributed by atoms with van der Waals surface area (Å²) in [7, 11) is 0. The molecule has 7 heteroatoms. The standard InChI is InChI=1S/C24H27ClN4O2/c1-17(2)22(27-23(30)20-7-9-21(25)10-8-20)24(31)29-13-11-28(12-14-29)16-19-5-3-18(15-26)4-6-19/h3-10,17,22H,11-14,16H2,1-2H3,(H,27,30)/t22-/m0/s1. The summed E-state index contributed by atoms with van der Waals surface area (Å²) in [5, 5.41) is 12.4. The predicted octanol–water partition coefficient (Wildman–Crippen LogP) is 3.31. The number of amides is 2. The minimum atomic E-state index is -0.576. The van der Waals surface area contributed by atoms with Crippen LogP contribution in [0.3, 0.4) is 0 Å². The van der Waals surface area contributed by atoms with Crippen molar-refractivity contribution >= 4 is 23.4 Å². The van der Waals surface area contributed by atoms with Gasteiger partial charge in [0.1, 0.15) is 6.04 Å². The zero-order chi connectivity index (χ0) is 22.4. The van der Waals surface area contributed by atoms with Crippen LogP contribution in [0.5, 0.6) is 0 Å². The lowest BCUT2D eigenvalue weighted by Crippen LogP contribution is -2.56. The Morgan fingerprint density at radius 2 is 1.65 bits per heavy atom. The SMILES string of the molecule is CC(C)[C@H](NC(=O)c1ccc(Cl)cc1)C(=O)N1CCN(Cc2ccc(C#N)cc2)CC1. The van der Waals surface area contributed by atoms with Gasteiger partial charge in [0.05, 0.1) is 11.6 Å². The second kappa shape index (κ2) is 10.4. The van der Waals surface area contributed by atoms with Gasteiger partial charge in [0.2, 0.25) is 5.91 Å². The second-order valence-corrected chi connectivity index (χ2v) is 8.55. The monoisotopic (exact) mass is 438 g/mol. The molecule has 0 bridgehead atoms. The summed E-state index contributed by atoms with van der Waals surface area (Å²) in [4.78, 5) is 29.9. The Bertz CT molecular complexity index is 943. The quantitative estimate of drug-likeness (QED) is 0.750. The van der Waals surface area contributed by atoms with Gasteiger partial charge in [0.15, 0.2) is 0 Å². The molecule has 1 heterocycles. The van der Waals surface area contributed by atoms with Crippen LogP contribution < -0.4 is 5.32 Å². The van der Waals surface area contributed by atoms with E-state index in [2.05, 4.69) is 16.3 Å². The molecule has 0 spiro atoms. The van der Waals surface area contributed by atoms with E-state index in [1.807, 2.05) is 43.0 Å². The third-order valence-electron chi connectivity index (χ3n) is 5.50. The molecular weight excluding hydrogens is 412 g/mol. The molecule has 2 amide bonds. The van der Waals surface area contributed by atoms with E-state index in [4.69, 9.17) is 16.9 Å². The molecule has 6 nitrogen and oxygen atoms in total. The van der Waals surface area contributed by atoms with Crippen molar-refractivity contribution in [3.8, 4) is 6.07 Å². The van der Waals surface area contributed by atoms with Gasteiger partial charge in [-0.15, -0.1) is 0 Å². The van der Waals surface area contributed by atoms with Crippen molar-refractivity contribution in [2.75, 3.05) is 26.2 Å². The third kappa shape index (κ3) is 6.06. The first-order valence-electron chi connectivity index (χ1n) is 10.4. The molecule has 3 rings (SSSR count). The smallest absolute Gasteiger partial charge is 0.251 e. The first kappa shape index (κ1) is 22.8. The fourth-order valence-electron chi connectivity index (χ4n) is 3.61. The maximum atomic E-state index is 13.1. The number of carbonyl (C=O) groups excluding carboxylic acids is 2. The van der Waals surface area contributed by atoms with Crippen LogP contribution in [0.15, 0.2) is 48.5 Å². The van der Waals surface area contributed by atoms with Crippen LogP contribution in [0.25, 0.3) is 0 Å². The molecule has 162 valence electrons. The van der Waals surface area contributed by atoms with Gasteiger partial charge in [-0.2, -0.15) is 5.26 Å². The first-order chi connectivity index (χ1) is 14.9. The fourth-order valence-corrected chi connectivity index (χ4v) is 3.73. The summed E-state index contributed by atoms with van der Waals surface area (Å²) in [6.07, 6.45) is 0. The van der Waals surface area contributed by atoms with Crippen LogP contribution in [-0.2, 0) is 11.3 Å². The fraction of sp³-hybridized carbons (Fsp3) is 0.375. The number of hydrogen-bond donors (Lipinski definition) is 1. The van der Waals surface area contributed by atoms with E-state index in [9.17, 15) is 9.59 Å². The normalized spacial score (nSPS) is 15.4. The highest BCUT2D eigenvalue weighted by Gasteiger charge is 2.31. The van der Waals surface area contributed by atoms with Crippen LogP contribution in [0.1, 0.15) is 35.3 Å². The number of hydrogen-bond acceptors (Lipinski definition) is 4. The van der Waals surface area contributed by atoms with Crippen LogP contribution in [0.4, 0.5) is 0 Å². The largest absolute Gasteiger partial charge is 0.340 e. The molecule has 1 aliphatic rings. The third-order valence-corrected chi connectivity index (χ3v) is 5.75. The van der Waals surface area contributed by atoms with Crippen molar-refractivity contribution in [3.63, 3.8) is 0 Å². The molecule has 0 unspecified atom stereocenters. The summed E-state index contributed by atoms with van der Waals surface area (Å²) in [5.74, 6) is -0.348. The van der Waals surface area contributed by atoms with Crippen molar-refractivity contribution in [3.05, 3.63) is 70.2 Å². The molecule has 0 saturated carbocycles. The predicted molar refractivity (Wildman–Crippen MR) is 121 cm³/mol. The van der Waals surface area contributed by atoms with Crippen molar-refractivity contribution in [2.24, 2.45) is 5.92 Å². The average Bonchev–Trinajstić information content (AvgIpc) is 2.78. The van der Waals surface area contributed by atoms with Crippen LogP contribution >= 0.6 is 11.6 Å². The summed E-state index contributed by atoms with van der Waals surface area (Å²) in [6.45, 7) is 7.43. The maximum Gasteiger partial charge on any atom is 0.251 e. The molecule has 2 aromatic carbocycles. The lowest BCUT2D eigenvalue weighted by molar-refractivity contribution is -0.136. The van der Waals surface area contributed by atoms with Crippen LogP contribution in [0.2, 0.25) is 5.02 Å². The zero-order valence-corrected chi connectivity index (χ0v) is 18.6. The molecule has 1 saturated heterocycles. The average molecular weight is 439 g/mol. The number of nitrogens with zero attached hydrogens (tertiary/aromatic N) is 3. The van der Waals surface area contributed by atoms with E-state index in [1.165, 1.54) is 0 Å². The van der Waals surface area contributed by atoms with Gasteiger partial charge in [-0.3, -0.25) is 14.5 Å². The second-order valence-electron chi connectivity index (χ2n) is 8.11. The molecule has 0 aliphatic carbocycles. The summed E-state index contributed by atoms with van der Waals surface area (Å²) in [5.41, 5.74) is 2.28. The Balaban J connectivity index is 1.56. The molecule has 1 fully saturated rings. The van der Waals surface area contributed by atoms with E-state index in [0.717, 1.165) is 25.2 Å². The van der Waals surface area contributed by atoms with Crippen molar-refractivity contribution < 1.29 is 9.59 Å². The van der Waals surface area contributed by atoms with Gasteiger partial charge in [-0.1, -0.05) is 37.6 Å². The molecule has 31 heavy (non-hydrogen) atoms. The molecule has 1 N–H and O–H groups in total. The minimum Gasteiger partial charge on any atom is -0.340 e. The Morgan fingerprint density at radius 1 is 1.03 bits per heavy atom. The first-order valence-corrected chi connectivity index (χ1v) is 10.8. The number of benzene rings is 2. The lowest BCUT2D eigenvalue weighted by atomic mass is 10.0. The van der Waals surface area contributed by atoms with E-state index < -0.39 is 6.04 Å². The van der Waals surface area contributed by atoms with Gasteiger partial charge in [-0.05, 0) is 47.9 Å². The van der Waals surface area contributed by atoms with E-state index >= 15 is 0 Å². The van der Waals surface area contributed by atoms with Gasteiger partial charge < -0.3 is 10.2 Å². The number of piperazine rings is 1. The number of carbonyl (C=O) groups is 2. The molecule has 1 aliphatic heterocycles. The topological polar surface area (TPSA) is 76.4 Å². The molecule has 0 radical (unpaired) electrons. The Labute approximate surface area is 188 Å². The summed E-state index contributed by atoms with van der Waals surface area (Å²) in [6, 6.07) is 15.8. The van der Waals surface area contributed by atoms with Crippen LogP contribution in [-0.4, -0.2) is 53.8 Å². The summed E-state index contributed by atoms with van der Waals surface area (Å²) < 4.78 is 0. The van der Waals surface area contributed by atoms with Gasteiger partial charge in [0.25, 0.3) is 5.91 Å². The number of nitriles is 1. The summed E-state index contributed by atoms with van der Waals surface area (Å²) >= 11 is 5.89. The Hall–Kier alpha value is -2.88. The van der Waals surface area contributed by atoms with Crippen molar-refractivity contribution in [2.45, 2.75) is 26.4 Å². The molecule has 0 aromatic heterocycles. The highest BCUT2D eigenvalue weighted by Crippen LogP contribution is 2.14. The van der Waals surface area contributed by atoms with Crippen LogP contribution in [0, 0.1) is 17.2 Å². The van der Waals surface area contributed by atoms with Crippen molar-refractivity contribution in [1.82, 2.24) is 15.1 Å². The number of nitrogens with one attached hydrogen (secondary N) is 1. The highest BCUT2D eigenvalue weighted by molar-refractivity contribution is 6.30. The van der Waals surface area contributed by atoms with Crippen molar-refractivity contribution in [1.29, 1.82) is 5.26 Å². The Kier molecular flexibility index (Phi) is 7.67. The maximum absolute atomic E-state index is 13.1. The molecule has 1 atom stereocenters. The van der Waals surface area contributed by atoms with E-state index in [-0.39, 0.29) is 17.7 Å². The van der Waals surface area contributed by atoms with Gasteiger partial charge in [0, 0.05) is 43.3 Å². The lowest BCUT2D eigenvalue weighted by Gasteiger charge is -2.37. The Morgan fingerprint density at radius 3 is 2.19 bits per heavy atom. The van der Waals surface area contributed by atoms with Gasteiger partial charge in [-0.25, -0.2) is 0 Å².